The SMILES string of the molecule is Cc1c(-c2ccnc(Nc3ccc(N4CCNCC4)c(Cl)c3)n2)sc(=O)n1C. The molecule has 0 atom stereocenters. The van der Waals surface area contributed by atoms with Gasteiger partial charge in [-0.15, -0.1) is 0 Å². The van der Waals surface area contributed by atoms with Gasteiger partial charge in [0.25, 0.3) is 0 Å². The average Bonchev–Trinajstić information content (AvgIpc) is 2.96. The molecule has 1 saturated heterocycles. The van der Waals surface area contributed by atoms with E-state index in [1.165, 1.54) is 11.3 Å². The largest absolute Gasteiger partial charge is 0.368 e. The normalized spacial score (nSPS) is 14.3. The average molecular weight is 417 g/mol. The summed E-state index contributed by atoms with van der Waals surface area (Å²) >= 11 is 7.71. The Bertz CT molecular complexity index is 1060. The molecule has 0 bridgehead atoms. The van der Waals surface area contributed by atoms with Crippen LogP contribution in [0.5, 0.6) is 0 Å². The standard InChI is InChI=1S/C19H21ClN6OS/c1-12-17(28-19(27)25(12)2)15-5-6-22-18(24-15)23-13-3-4-16(14(20)11-13)26-9-7-21-8-10-26/h3-6,11,21H,7-10H2,1-2H3,(H,22,23,24). The van der Waals surface area contributed by atoms with Crippen LogP contribution in [0.1, 0.15) is 5.69 Å². The van der Waals surface area contributed by atoms with Gasteiger partial charge in [0.1, 0.15) is 0 Å². The number of nitrogens with zero attached hydrogens (tertiary/aromatic N) is 4. The third-order valence-electron chi connectivity index (χ3n) is 4.84. The zero-order valence-corrected chi connectivity index (χ0v) is 17.3. The van der Waals surface area contributed by atoms with Gasteiger partial charge in [-0.1, -0.05) is 22.9 Å². The van der Waals surface area contributed by atoms with Gasteiger partial charge in [0, 0.05) is 50.8 Å². The van der Waals surface area contributed by atoms with Crippen LogP contribution < -0.4 is 20.4 Å². The molecular formula is C19H21ClN6OS. The molecule has 0 radical (unpaired) electrons. The quantitative estimate of drug-likeness (QED) is 0.681. The summed E-state index contributed by atoms with van der Waals surface area (Å²) in [5, 5.41) is 7.24. The van der Waals surface area contributed by atoms with E-state index in [9.17, 15) is 4.79 Å². The molecule has 0 saturated carbocycles. The minimum absolute atomic E-state index is 0.00379. The summed E-state index contributed by atoms with van der Waals surface area (Å²) in [6, 6.07) is 7.70. The first-order chi connectivity index (χ1) is 13.5. The smallest absolute Gasteiger partial charge is 0.307 e. The van der Waals surface area contributed by atoms with Crippen molar-refractivity contribution in [3.8, 4) is 10.6 Å². The number of aromatic nitrogens is 3. The van der Waals surface area contributed by atoms with Crippen molar-refractivity contribution in [3.63, 3.8) is 0 Å². The van der Waals surface area contributed by atoms with E-state index in [1.807, 2.05) is 31.2 Å². The molecule has 7 nitrogen and oxygen atoms in total. The van der Waals surface area contributed by atoms with Crippen molar-refractivity contribution in [1.29, 1.82) is 0 Å². The molecular weight excluding hydrogens is 396 g/mol. The highest BCUT2D eigenvalue weighted by atomic mass is 35.5. The number of anilines is 3. The van der Waals surface area contributed by atoms with Crippen LogP contribution in [0.2, 0.25) is 5.02 Å². The van der Waals surface area contributed by atoms with Crippen LogP contribution in [0.3, 0.4) is 0 Å². The van der Waals surface area contributed by atoms with E-state index in [2.05, 4.69) is 25.5 Å². The molecule has 3 heterocycles. The predicted octanol–water partition coefficient (Wildman–Crippen LogP) is 3.02. The third kappa shape index (κ3) is 3.76. The van der Waals surface area contributed by atoms with Gasteiger partial charge in [0.15, 0.2) is 0 Å². The lowest BCUT2D eigenvalue weighted by Gasteiger charge is -2.30. The molecule has 1 aliphatic heterocycles. The zero-order valence-electron chi connectivity index (χ0n) is 15.7. The molecule has 3 aromatic rings. The van der Waals surface area contributed by atoms with Crippen molar-refractivity contribution >= 4 is 40.3 Å². The predicted molar refractivity (Wildman–Crippen MR) is 115 cm³/mol. The van der Waals surface area contributed by atoms with Crippen LogP contribution in [0.4, 0.5) is 17.3 Å². The summed E-state index contributed by atoms with van der Waals surface area (Å²) in [6.07, 6.45) is 1.69. The first kappa shape index (κ1) is 18.9. The number of piperazine rings is 1. The second-order valence-corrected chi connectivity index (χ2v) is 8.00. The van der Waals surface area contributed by atoms with Crippen LogP contribution in [-0.4, -0.2) is 40.7 Å². The van der Waals surface area contributed by atoms with Gasteiger partial charge >= 0.3 is 4.87 Å². The van der Waals surface area contributed by atoms with Crippen LogP contribution in [0.25, 0.3) is 10.6 Å². The minimum atomic E-state index is -0.00379. The highest BCUT2D eigenvalue weighted by molar-refractivity contribution is 7.13. The van der Waals surface area contributed by atoms with Crippen molar-refractivity contribution in [2.24, 2.45) is 7.05 Å². The molecule has 4 rings (SSSR count). The lowest BCUT2D eigenvalue weighted by Crippen LogP contribution is -2.43. The molecule has 0 amide bonds. The lowest BCUT2D eigenvalue weighted by atomic mass is 10.2. The maximum atomic E-state index is 11.9. The van der Waals surface area contributed by atoms with E-state index in [-0.39, 0.29) is 4.87 Å². The van der Waals surface area contributed by atoms with Crippen LogP contribution in [0.15, 0.2) is 35.3 Å². The number of rotatable bonds is 4. The molecule has 2 N–H and O–H groups in total. The van der Waals surface area contributed by atoms with E-state index in [0.29, 0.717) is 11.0 Å². The van der Waals surface area contributed by atoms with Crippen LogP contribution >= 0.6 is 22.9 Å². The lowest BCUT2D eigenvalue weighted by molar-refractivity contribution is 0.589. The number of nitrogens with one attached hydrogen (secondary N) is 2. The zero-order chi connectivity index (χ0) is 19.7. The monoisotopic (exact) mass is 416 g/mol. The van der Waals surface area contributed by atoms with Crippen molar-refractivity contribution in [2.75, 3.05) is 36.4 Å². The Balaban J connectivity index is 1.57. The number of thiazole rings is 1. The Morgan fingerprint density at radius 2 is 2.04 bits per heavy atom. The van der Waals surface area contributed by atoms with Gasteiger partial charge in [0.2, 0.25) is 5.95 Å². The van der Waals surface area contributed by atoms with Crippen molar-refractivity contribution in [2.45, 2.75) is 6.92 Å². The molecule has 0 spiro atoms. The Morgan fingerprint density at radius 3 is 2.71 bits per heavy atom. The Kier molecular flexibility index (Phi) is 5.34. The van der Waals surface area contributed by atoms with E-state index in [1.54, 1.807) is 17.8 Å². The Labute approximate surface area is 172 Å². The van der Waals surface area contributed by atoms with Gasteiger partial charge in [-0.25, -0.2) is 9.97 Å². The minimum Gasteiger partial charge on any atom is -0.368 e. The van der Waals surface area contributed by atoms with E-state index < -0.39 is 0 Å². The number of hydrogen-bond acceptors (Lipinski definition) is 7. The number of benzene rings is 1. The van der Waals surface area contributed by atoms with Gasteiger partial charge < -0.3 is 20.1 Å². The summed E-state index contributed by atoms with van der Waals surface area (Å²) in [5.41, 5.74) is 3.47. The molecule has 1 aromatic carbocycles. The maximum absolute atomic E-state index is 11.9. The maximum Gasteiger partial charge on any atom is 0.307 e. The first-order valence-electron chi connectivity index (χ1n) is 9.05. The highest BCUT2D eigenvalue weighted by Gasteiger charge is 2.15. The van der Waals surface area contributed by atoms with Gasteiger partial charge in [-0.05, 0) is 31.2 Å². The summed E-state index contributed by atoms with van der Waals surface area (Å²) in [5.74, 6) is 0.464. The van der Waals surface area contributed by atoms with Crippen molar-refractivity contribution < 1.29 is 0 Å². The second kappa shape index (κ2) is 7.90. The van der Waals surface area contributed by atoms with Crippen LogP contribution in [-0.2, 0) is 7.05 Å². The Morgan fingerprint density at radius 1 is 1.25 bits per heavy atom. The Hall–Kier alpha value is -2.42. The van der Waals surface area contributed by atoms with Crippen molar-refractivity contribution in [1.82, 2.24) is 19.9 Å². The molecule has 9 heteroatoms. The number of hydrogen-bond donors (Lipinski definition) is 2. The van der Waals surface area contributed by atoms with Gasteiger partial charge in [-0.2, -0.15) is 0 Å². The van der Waals surface area contributed by atoms with E-state index in [0.717, 1.165) is 53.8 Å². The summed E-state index contributed by atoms with van der Waals surface area (Å²) in [4.78, 5) is 23.9. The first-order valence-corrected chi connectivity index (χ1v) is 10.2. The molecule has 2 aromatic heterocycles. The fraction of sp³-hybridized carbons (Fsp3) is 0.316. The topological polar surface area (TPSA) is 75.1 Å². The van der Waals surface area contributed by atoms with E-state index >= 15 is 0 Å². The fourth-order valence-electron chi connectivity index (χ4n) is 3.18. The molecule has 1 fully saturated rings. The van der Waals surface area contributed by atoms with Crippen molar-refractivity contribution in [3.05, 3.63) is 50.8 Å². The number of halogens is 1. The molecule has 28 heavy (non-hydrogen) atoms. The molecule has 1 aliphatic rings. The highest BCUT2D eigenvalue weighted by Crippen LogP contribution is 2.30. The van der Waals surface area contributed by atoms with Gasteiger partial charge in [-0.3, -0.25) is 4.79 Å². The second-order valence-electron chi connectivity index (χ2n) is 6.64. The van der Waals surface area contributed by atoms with Gasteiger partial charge in [0.05, 0.1) is 21.3 Å². The molecule has 0 unspecified atom stereocenters. The van der Waals surface area contributed by atoms with E-state index in [4.69, 9.17) is 11.6 Å². The van der Waals surface area contributed by atoms with Crippen LogP contribution in [0, 0.1) is 6.92 Å². The summed E-state index contributed by atoms with van der Waals surface area (Å²) in [6.45, 7) is 5.72. The molecule has 146 valence electrons. The third-order valence-corrected chi connectivity index (χ3v) is 6.30. The summed E-state index contributed by atoms with van der Waals surface area (Å²) in [7, 11) is 1.76. The summed E-state index contributed by atoms with van der Waals surface area (Å²) < 4.78 is 1.63. The fourth-order valence-corrected chi connectivity index (χ4v) is 4.43. The molecule has 0 aliphatic carbocycles.